The number of aromatic nitrogens is 2. The first-order valence-corrected chi connectivity index (χ1v) is 20.3. The third-order valence-electron chi connectivity index (χ3n) is 10.6. The van der Waals surface area contributed by atoms with E-state index in [4.69, 9.17) is 19.6 Å². The summed E-state index contributed by atoms with van der Waals surface area (Å²) in [6.07, 6.45) is 0.613. The number of hydrogen-bond donors (Lipinski definition) is 2. The molecule has 0 unspecified atom stereocenters. The number of rotatable bonds is 12. The van der Waals surface area contributed by atoms with E-state index in [-0.39, 0.29) is 37.6 Å². The number of aliphatic carboxylic acids is 1. The van der Waals surface area contributed by atoms with Crippen molar-refractivity contribution in [1.82, 2.24) is 14.9 Å². The molecule has 0 spiro atoms. The Labute approximate surface area is 340 Å². The molecule has 0 atom stereocenters. The van der Waals surface area contributed by atoms with E-state index in [1.807, 2.05) is 66.4 Å². The summed E-state index contributed by atoms with van der Waals surface area (Å²) in [7, 11) is 0. The summed E-state index contributed by atoms with van der Waals surface area (Å²) in [5, 5.41) is 12.5. The molecule has 0 radical (unpaired) electrons. The quantitative estimate of drug-likeness (QED) is 0.118. The Bertz CT molecular complexity index is 2300. The van der Waals surface area contributed by atoms with Crippen LogP contribution in [0.15, 0.2) is 72.8 Å². The van der Waals surface area contributed by atoms with Crippen LogP contribution in [0.25, 0.3) is 21.3 Å². The van der Waals surface area contributed by atoms with Gasteiger partial charge in [-0.25, -0.2) is 23.5 Å². The molecule has 2 aliphatic rings. The summed E-state index contributed by atoms with van der Waals surface area (Å²) in [5.41, 5.74) is 4.38. The Morgan fingerprint density at radius 2 is 1.69 bits per heavy atom. The number of ether oxygens (including phenoxy) is 2. The van der Waals surface area contributed by atoms with Crippen LogP contribution in [0.5, 0.6) is 5.75 Å². The maximum atomic E-state index is 15.3. The van der Waals surface area contributed by atoms with E-state index in [1.165, 1.54) is 11.3 Å². The highest BCUT2D eigenvalue weighted by molar-refractivity contribution is 7.22. The van der Waals surface area contributed by atoms with Crippen molar-refractivity contribution in [2.24, 2.45) is 5.92 Å². The number of nitrogens with one attached hydrogen (secondary N) is 1. The molecule has 58 heavy (non-hydrogen) atoms. The van der Waals surface area contributed by atoms with Crippen molar-refractivity contribution >= 4 is 50.3 Å². The largest absolute Gasteiger partial charge is 0.493 e. The van der Waals surface area contributed by atoms with Crippen LogP contribution in [-0.4, -0.2) is 82.1 Å². The molecule has 7 rings (SSSR count). The molecule has 0 aliphatic carbocycles. The number of fused-ring (bicyclic) bond motifs is 2. The fourth-order valence-corrected chi connectivity index (χ4v) is 8.53. The summed E-state index contributed by atoms with van der Waals surface area (Å²) in [6, 6.07) is 22.4. The van der Waals surface area contributed by atoms with Crippen molar-refractivity contribution in [3.8, 4) is 16.9 Å². The first-order valence-electron chi connectivity index (χ1n) is 19.5. The molecule has 3 aromatic carbocycles. The predicted octanol–water partition coefficient (Wildman–Crippen LogP) is 8.64. The maximum Gasteiger partial charge on any atom is 0.358 e. The number of pyridine rings is 1. The lowest BCUT2D eigenvalue weighted by molar-refractivity contribution is -0.139. The zero-order chi connectivity index (χ0) is 41.2. The SMILES string of the molecule is Cc1c(OCCC(F)(F)C2CCN(CC(=O)O)CC2)cccc1-c1ccc(N2CCc3cccc(C(=O)Nc4nc5ccccc5s4)c3C2)nc1C(=O)OC(C)(C)C. The van der Waals surface area contributed by atoms with Crippen LogP contribution >= 0.6 is 11.3 Å². The number of alkyl halides is 2. The smallest absolute Gasteiger partial charge is 0.358 e. The molecule has 304 valence electrons. The molecule has 0 saturated carbocycles. The van der Waals surface area contributed by atoms with Gasteiger partial charge in [-0.3, -0.25) is 19.8 Å². The van der Waals surface area contributed by atoms with Crippen molar-refractivity contribution in [2.75, 3.05) is 43.0 Å². The number of piperidine rings is 1. The molecule has 11 nitrogen and oxygen atoms in total. The van der Waals surface area contributed by atoms with Gasteiger partial charge in [0.2, 0.25) is 0 Å². The van der Waals surface area contributed by atoms with Crippen LogP contribution in [0.2, 0.25) is 0 Å². The van der Waals surface area contributed by atoms with Gasteiger partial charge in [-0.05, 0) is 119 Å². The number of halogens is 2. The van der Waals surface area contributed by atoms with E-state index in [0.29, 0.717) is 71.6 Å². The third kappa shape index (κ3) is 9.29. The van der Waals surface area contributed by atoms with Crippen LogP contribution in [0.3, 0.4) is 0 Å². The maximum absolute atomic E-state index is 15.3. The molecule has 1 fully saturated rings. The van der Waals surface area contributed by atoms with Crippen molar-refractivity contribution in [3.05, 3.63) is 101 Å². The Balaban J connectivity index is 1.10. The number of thiazole rings is 1. The minimum absolute atomic E-state index is 0.0982. The Kier molecular flexibility index (Phi) is 11.8. The highest BCUT2D eigenvalue weighted by Gasteiger charge is 2.41. The van der Waals surface area contributed by atoms with Gasteiger partial charge >= 0.3 is 11.9 Å². The van der Waals surface area contributed by atoms with E-state index in [9.17, 15) is 14.4 Å². The lowest BCUT2D eigenvalue weighted by Crippen LogP contribution is -2.43. The second-order valence-corrected chi connectivity index (χ2v) is 16.9. The molecular weight excluding hydrogens is 765 g/mol. The third-order valence-corrected chi connectivity index (χ3v) is 11.6. The molecule has 1 amide bonds. The van der Waals surface area contributed by atoms with E-state index in [2.05, 4.69) is 10.3 Å². The number of likely N-dealkylation sites (tertiary alicyclic amines) is 1. The second-order valence-electron chi connectivity index (χ2n) is 15.9. The van der Waals surface area contributed by atoms with E-state index < -0.39 is 35.8 Å². The Morgan fingerprint density at radius 3 is 2.43 bits per heavy atom. The van der Waals surface area contributed by atoms with Gasteiger partial charge in [-0.1, -0.05) is 47.7 Å². The average Bonchev–Trinajstić information content (AvgIpc) is 3.59. The van der Waals surface area contributed by atoms with Gasteiger partial charge in [-0.2, -0.15) is 0 Å². The number of nitrogens with zero attached hydrogens (tertiary/aromatic N) is 4. The Hall–Kier alpha value is -5.47. The zero-order valence-corrected chi connectivity index (χ0v) is 33.8. The van der Waals surface area contributed by atoms with Crippen molar-refractivity contribution in [3.63, 3.8) is 0 Å². The summed E-state index contributed by atoms with van der Waals surface area (Å²) in [4.78, 5) is 51.8. The van der Waals surface area contributed by atoms with Gasteiger partial charge in [0, 0.05) is 36.6 Å². The summed E-state index contributed by atoms with van der Waals surface area (Å²) >= 11 is 1.42. The monoisotopic (exact) mass is 811 g/mol. The van der Waals surface area contributed by atoms with Crippen molar-refractivity contribution in [2.45, 2.75) is 71.4 Å². The van der Waals surface area contributed by atoms with Gasteiger partial charge in [-0.15, -0.1) is 0 Å². The van der Waals surface area contributed by atoms with E-state index >= 15 is 8.78 Å². The number of carboxylic acids is 1. The van der Waals surface area contributed by atoms with Crippen LogP contribution in [-0.2, 0) is 22.5 Å². The number of anilines is 2. The van der Waals surface area contributed by atoms with Crippen LogP contribution < -0.4 is 15.0 Å². The van der Waals surface area contributed by atoms with Crippen molar-refractivity contribution in [1.29, 1.82) is 0 Å². The first-order chi connectivity index (χ1) is 27.6. The molecular formula is C44H47F2N5O6S. The minimum atomic E-state index is -2.97. The molecule has 14 heteroatoms. The van der Waals surface area contributed by atoms with Crippen molar-refractivity contribution < 1.29 is 37.7 Å². The van der Waals surface area contributed by atoms with Gasteiger partial charge in [0.25, 0.3) is 11.8 Å². The molecule has 2 N–H and O–H groups in total. The number of amides is 1. The number of hydrogen-bond acceptors (Lipinski definition) is 10. The summed E-state index contributed by atoms with van der Waals surface area (Å²) in [6.45, 7) is 8.41. The second kappa shape index (κ2) is 16.8. The summed E-state index contributed by atoms with van der Waals surface area (Å²) in [5.74, 6) is -4.71. The van der Waals surface area contributed by atoms with Gasteiger partial charge in [0.15, 0.2) is 10.8 Å². The standard InChI is InChI=1S/C44H47F2N5O6S/c1-27-30(10-8-13-35(27)56-24-20-44(45,46)29-18-21-50(22-19-29)26-38(52)53)31-15-16-37(48-39(31)41(55)57-43(2,3)4)51-23-17-28-9-7-11-32(33(28)25-51)40(54)49-42-47-34-12-5-6-14-36(34)58-42/h5-16,29H,17-26H2,1-4H3,(H,52,53)(H,47,49,54). The van der Waals surface area contributed by atoms with Gasteiger partial charge in [0.05, 0.1) is 23.4 Å². The highest BCUT2D eigenvalue weighted by Crippen LogP contribution is 2.38. The average molecular weight is 812 g/mol. The normalized spacial score (nSPS) is 15.2. The number of benzene rings is 3. The molecule has 0 bridgehead atoms. The number of para-hydroxylation sites is 1. The fourth-order valence-electron chi connectivity index (χ4n) is 7.67. The molecule has 2 aromatic heterocycles. The van der Waals surface area contributed by atoms with Gasteiger partial charge < -0.3 is 19.5 Å². The molecule has 2 aliphatic heterocycles. The number of carbonyl (C=O) groups excluding carboxylic acids is 2. The fraction of sp³-hybridized carbons (Fsp3) is 0.386. The van der Waals surface area contributed by atoms with E-state index in [1.54, 1.807) is 43.9 Å². The highest BCUT2D eigenvalue weighted by atomic mass is 32.1. The van der Waals surface area contributed by atoms with E-state index in [0.717, 1.165) is 21.3 Å². The van der Waals surface area contributed by atoms with Crippen LogP contribution in [0.1, 0.15) is 77.6 Å². The first kappa shape index (κ1) is 40.7. The number of carboxylic acid groups (broad SMARTS) is 1. The minimum Gasteiger partial charge on any atom is -0.493 e. The molecule has 4 heterocycles. The van der Waals surface area contributed by atoms with Gasteiger partial charge in [0.1, 0.15) is 17.2 Å². The predicted molar refractivity (Wildman–Crippen MR) is 220 cm³/mol. The number of esters is 1. The lowest BCUT2D eigenvalue weighted by Gasteiger charge is -2.35. The topological polar surface area (TPSA) is 134 Å². The Morgan fingerprint density at radius 1 is 0.931 bits per heavy atom. The van der Waals surface area contributed by atoms with Crippen LogP contribution in [0.4, 0.5) is 19.7 Å². The molecule has 1 saturated heterocycles. The van der Waals surface area contributed by atoms with Crippen LogP contribution in [0, 0.1) is 12.8 Å². The molecule has 5 aromatic rings. The zero-order valence-electron chi connectivity index (χ0n) is 33.0. The summed E-state index contributed by atoms with van der Waals surface area (Å²) < 4.78 is 43.4. The lowest BCUT2D eigenvalue weighted by atomic mass is 9.89. The number of carbonyl (C=O) groups is 3.